The van der Waals surface area contributed by atoms with Gasteiger partial charge >= 0.3 is 11.7 Å². The van der Waals surface area contributed by atoms with E-state index >= 15 is 0 Å². The molecule has 1 amide bonds. The van der Waals surface area contributed by atoms with Crippen LogP contribution in [0.5, 0.6) is 5.75 Å². The maximum atomic E-state index is 11.9. The summed E-state index contributed by atoms with van der Waals surface area (Å²) in [5, 5.41) is 32.3. The first-order valence-corrected chi connectivity index (χ1v) is 9.11. The van der Waals surface area contributed by atoms with Crippen molar-refractivity contribution in [3.8, 4) is 5.75 Å². The molecule has 0 aliphatic carbocycles. The van der Waals surface area contributed by atoms with Gasteiger partial charge in [-0.15, -0.1) is 0 Å². The monoisotopic (exact) mass is 439 g/mol. The molecule has 0 saturated heterocycles. The largest absolute Gasteiger partial charge is 0.502 e. The van der Waals surface area contributed by atoms with E-state index in [-0.39, 0.29) is 22.2 Å². The number of phenolic OH excluding ortho intramolecular Hbond substituents is 1. The summed E-state index contributed by atoms with van der Waals surface area (Å²) in [7, 11) is 0. The highest BCUT2D eigenvalue weighted by Gasteiger charge is 2.40. The smallest absolute Gasteiger partial charge is 0.328 e. The van der Waals surface area contributed by atoms with Crippen LogP contribution >= 0.6 is 23.2 Å². The molecule has 152 valence electrons. The molecule has 0 saturated carbocycles. The fraction of sp³-hybridized carbons (Fsp3) is 0.222. The third kappa shape index (κ3) is 3.92. The number of carboxylic acids is 1. The second-order valence-electron chi connectivity index (χ2n) is 6.51. The van der Waals surface area contributed by atoms with Crippen LogP contribution in [0.2, 0.25) is 10.0 Å². The zero-order chi connectivity index (χ0) is 21.5. The second-order valence-corrected chi connectivity index (χ2v) is 7.35. The van der Waals surface area contributed by atoms with Gasteiger partial charge in [-0.25, -0.2) is 4.79 Å². The van der Waals surface area contributed by atoms with Crippen LogP contribution in [-0.4, -0.2) is 33.1 Å². The van der Waals surface area contributed by atoms with Gasteiger partial charge in [-0.05, 0) is 30.2 Å². The van der Waals surface area contributed by atoms with Crippen molar-refractivity contribution >= 4 is 46.5 Å². The number of rotatable bonds is 4. The number of amides is 1. The predicted molar refractivity (Wildman–Crippen MR) is 105 cm³/mol. The number of nitro groups is 1. The molecule has 2 atom stereocenters. The molecular formula is C18H15Cl2N3O6. The molecule has 0 radical (unpaired) electrons. The quantitative estimate of drug-likeness (QED) is 0.490. The van der Waals surface area contributed by atoms with Gasteiger partial charge in [-0.2, -0.15) is 0 Å². The lowest BCUT2D eigenvalue weighted by Crippen LogP contribution is -2.54. The average molecular weight is 440 g/mol. The molecule has 0 spiro atoms. The number of carboxylic acid groups (broad SMARTS) is 1. The van der Waals surface area contributed by atoms with Crippen molar-refractivity contribution in [3.63, 3.8) is 0 Å². The Morgan fingerprint density at radius 3 is 2.55 bits per heavy atom. The first kappa shape index (κ1) is 20.7. The van der Waals surface area contributed by atoms with E-state index in [2.05, 4.69) is 5.43 Å². The number of halogens is 2. The number of carbonyl (C=O) groups excluding carboxylic acids is 1. The Kier molecular flexibility index (Phi) is 5.54. The number of nitro benzene ring substituents is 1. The minimum Gasteiger partial charge on any atom is -0.502 e. The second kappa shape index (κ2) is 7.76. The van der Waals surface area contributed by atoms with Gasteiger partial charge in [-0.1, -0.05) is 29.3 Å². The summed E-state index contributed by atoms with van der Waals surface area (Å²) >= 11 is 12.5. The van der Waals surface area contributed by atoms with E-state index in [0.29, 0.717) is 11.1 Å². The summed E-state index contributed by atoms with van der Waals surface area (Å²) in [5.74, 6) is -2.86. The SMILES string of the molecule is CC(=O)NN1c2cc(Cl)cc(Cl)c2[C@@H](c2ccc(O)c([N+](=O)[O-])c2)C[C@@H]1C(=O)O. The number of aliphatic carboxylic acids is 1. The van der Waals surface area contributed by atoms with Gasteiger partial charge in [0.25, 0.3) is 0 Å². The fourth-order valence-corrected chi connectivity index (χ4v) is 4.07. The maximum Gasteiger partial charge on any atom is 0.328 e. The van der Waals surface area contributed by atoms with Gasteiger partial charge in [0.2, 0.25) is 5.91 Å². The summed E-state index contributed by atoms with van der Waals surface area (Å²) < 4.78 is 0. The zero-order valence-electron chi connectivity index (χ0n) is 14.9. The predicted octanol–water partition coefficient (Wildman–Crippen LogP) is 3.45. The molecule has 1 aliphatic rings. The van der Waals surface area contributed by atoms with Crippen LogP contribution in [0, 0.1) is 10.1 Å². The van der Waals surface area contributed by atoms with Crippen molar-refractivity contribution in [2.75, 3.05) is 5.01 Å². The molecule has 1 heterocycles. The van der Waals surface area contributed by atoms with Crippen LogP contribution in [0.3, 0.4) is 0 Å². The van der Waals surface area contributed by atoms with Gasteiger partial charge in [0.1, 0.15) is 6.04 Å². The number of aromatic hydroxyl groups is 1. The molecule has 29 heavy (non-hydrogen) atoms. The third-order valence-electron chi connectivity index (χ3n) is 4.61. The molecule has 2 aromatic carbocycles. The fourth-order valence-electron chi connectivity index (χ4n) is 3.46. The van der Waals surface area contributed by atoms with Gasteiger partial charge in [0, 0.05) is 34.5 Å². The normalized spacial score (nSPS) is 18.1. The van der Waals surface area contributed by atoms with Crippen molar-refractivity contribution in [2.24, 2.45) is 0 Å². The maximum absolute atomic E-state index is 11.9. The van der Waals surface area contributed by atoms with E-state index < -0.39 is 40.2 Å². The highest BCUT2D eigenvalue weighted by molar-refractivity contribution is 6.35. The Balaban J connectivity index is 2.24. The van der Waals surface area contributed by atoms with Crippen LogP contribution in [0.4, 0.5) is 11.4 Å². The van der Waals surface area contributed by atoms with Crippen LogP contribution in [-0.2, 0) is 9.59 Å². The number of anilines is 1. The summed E-state index contributed by atoms with van der Waals surface area (Å²) in [6.07, 6.45) is -0.0358. The van der Waals surface area contributed by atoms with Crippen molar-refractivity contribution < 1.29 is 24.7 Å². The van der Waals surface area contributed by atoms with Crippen molar-refractivity contribution in [3.05, 3.63) is 61.6 Å². The standard InChI is InChI=1S/C18H15Cl2N3O6/c1-8(24)21-22-14-6-10(19)5-12(20)17(14)11(7-15(22)18(26)27)9-2-3-16(25)13(4-9)23(28)29/h2-6,11,15,25H,7H2,1H3,(H,21,24)(H,26,27)/t11-,15-/m1/s1. The Morgan fingerprint density at radius 2 is 1.97 bits per heavy atom. The highest BCUT2D eigenvalue weighted by Crippen LogP contribution is 2.47. The summed E-state index contributed by atoms with van der Waals surface area (Å²) in [6, 6.07) is 5.58. The molecule has 1 aliphatic heterocycles. The zero-order valence-corrected chi connectivity index (χ0v) is 16.4. The lowest BCUT2D eigenvalue weighted by atomic mass is 9.81. The molecule has 3 N–H and O–H groups in total. The number of carbonyl (C=O) groups is 2. The molecule has 3 rings (SSSR count). The summed E-state index contributed by atoms with van der Waals surface area (Å²) in [4.78, 5) is 34.1. The number of nitrogens with zero attached hydrogens (tertiary/aromatic N) is 2. The van der Waals surface area contributed by atoms with E-state index in [0.717, 1.165) is 0 Å². The Morgan fingerprint density at radius 1 is 1.28 bits per heavy atom. The van der Waals surface area contributed by atoms with Crippen molar-refractivity contribution in [1.82, 2.24) is 5.43 Å². The minimum absolute atomic E-state index is 0.0358. The molecule has 0 aromatic heterocycles. The molecule has 0 bridgehead atoms. The topological polar surface area (TPSA) is 133 Å². The average Bonchev–Trinajstić information content (AvgIpc) is 2.61. The van der Waals surface area contributed by atoms with Crippen LogP contribution in [0.25, 0.3) is 0 Å². The molecular weight excluding hydrogens is 425 g/mol. The van der Waals surface area contributed by atoms with E-state index in [1.165, 1.54) is 42.3 Å². The van der Waals surface area contributed by atoms with E-state index in [1.807, 2.05) is 0 Å². The van der Waals surface area contributed by atoms with E-state index in [9.17, 15) is 29.9 Å². The van der Waals surface area contributed by atoms with Gasteiger partial charge in [0.15, 0.2) is 5.75 Å². The van der Waals surface area contributed by atoms with Gasteiger partial charge in [-0.3, -0.25) is 25.3 Å². The number of hydrogen-bond donors (Lipinski definition) is 3. The van der Waals surface area contributed by atoms with Gasteiger partial charge in [0.05, 0.1) is 10.6 Å². The number of phenols is 1. The summed E-state index contributed by atoms with van der Waals surface area (Å²) in [6.45, 7) is 1.24. The third-order valence-corrected chi connectivity index (χ3v) is 5.14. The highest BCUT2D eigenvalue weighted by atomic mass is 35.5. The molecule has 0 fully saturated rings. The Hall–Kier alpha value is -3.04. The number of hydrogen-bond acceptors (Lipinski definition) is 6. The Bertz CT molecular complexity index is 1030. The van der Waals surface area contributed by atoms with Crippen molar-refractivity contribution in [2.45, 2.75) is 25.3 Å². The number of benzene rings is 2. The molecule has 2 aromatic rings. The first-order valence-electron chi connectivity index (χ1n) is 8.35. The minimum atomic E-state index is -1.21. The number of nitrogens with one attached hydrogen (secondary N) is 1. The first-order chi connectivity index (χ1) is 13.6. The lowest BCUT2D eigenvalue weighted by Gasteiger charge is -2.40. The molecule has 0 unspecified atom stereocenters. The van der Waals surface area contributed by atoms with Crippen molar-refractivity contribution in [1.29, 1.82) is 0 Å². The summed E-state index contributed by atoms with van der Waals surface area (Å²) in [5.41, 5.74) is 3.11. The van der Waals surface area contributed by atoms with Crippen LogP contribution in [0.15, 0.2) is 30.3 Å². The number of fused-ring (bicyclic) bond motifs is 1. The van der Waals surface area contributed by atoms with Gasteiger partial charge < -0.3 is 10.2 Å². The Labute approximate surface area is 174 Å². The van der Waals surface area contributed by atoms with E-state index in [1.54, 1.807) is 0 Å². The van der Waals surface area contributed by atoms with E-state index in [4.69, 9.17) is 23.2 Å². The molecule has 9 nitrogen and oxygen atoms in total. The van der Waals surface area contributed by atoms with Crippen LogP contribution in [0.1, 0.15) is 30.4 Å². The van der Waals surface area contributed by atoms with Crippen LogP contribution < -0.4 is 10.4 Å². The lowest BCUT2D eigenvalue weighted by molar-refractivity contribution is -0.385. The number of hydrazine groups is 1. The molecule has 11 heteroatoms.